The van der Waals surface area contributed by atoms with Crippen LogP contribution in [0.4, 0.5) is 0 Å². The third-order valence-corrected chi connectivity index (χ3v) is 7.05. The Kier molecular flexibility index (Phi) is 10.1. The van der Waals surface area contributed by atoms with Crippen molar-refractivity contribution in [2.24, 2.45) is 0 Å². The number of hydrogen-bond donors (Lipinski definition) is 2. The molecule has 0 radical (unpaired) electrons. The third kappa shape index (κ3) is 7.70. The van der Waals surface area contributed by atoms with Crippen molar-refractivity contribution >= 4 is 34.2 Å². The van der Waals surface area contributed by atoms with Crippen LogP contribution >= 0.6 is 34.2 Å². The van der Waals surface area contributed by atoms with Crippen LogP contribution < -0.4 is 9.47 Å². The first-order chi connectivity index (χ1) is 15.8. The van der Waals surface area contributed by atoms with Gasteiger partial charge in [-0.05, 0) is 58.0 Å². The number of morpholine rings is 1. The van der Waals surface area contributed by atoms with Gasteiger partial charge < -0.3 is 24.4 Å². The molecule has 6 nitrogen and oxygen atoms in total. The van der Waals surface area contributed by atoms with E-state index in [4.69, 9.17) is 25.8 Å². The van der Waals surface area contributed by atoms with E-state index in [9.17, 15) is 10.2 Å². The van der Waals surface area contributed by atoms with Crippen molar-refractivity contribution < 1.29 is 24.4 Å². The standard InChI is InChI=1S/C25H33ClINO5/c1-25(2,19-5-8-24(23(27)13-19)33-16-20(29)14-26)18-3-6-22(7-4-18)32-17-21(30)15-28-9-11-31-12-10-28/h3-8,13,20-21,29-30H,9-12,14-17H2,1-2H3/t20-,21-/m0/s1/i27-4. The first-order valence-electron chi connectivity index (χ1n) is 11.2. The molecule has 182 valence electrons. The summed E-state index contributed by atoms with van der Waals surface area (Å²) in [6.45, 7) is 8.52. The van der Waals surface area contributed by atoms with Crippen molar-refractivity contribution in [1.29, 1.82) is 0 Å². The zero-order valence-electron chi connectivity index (χ0n) is 19.2. The summed E-state index contributed by atoms with van der Waals surface area (Å²) in [7, 11) is 0. The third-order valence-electron chi connectivity index (χ3n) is 5.85. The maximum Gasteiger partial charge on any atom is 0.132 e. The first kappa shape index (κ1) is 26.5. The van der Waals surface area contributed by atoms with E-state index in [2.05, 4.69) is 65.6 Å². The van der Waals surface area contributed by atoms with E-state index in [1.165, 1.54) is 0 Å². The minimum atomic E-state index is -0.681. The lowest BCUT2D eigenvalue weighted by molar-refractivity contribution is 0.00465. The lowest BCUT2D eigenvalue weighted by Gasteiger charge is -2.28. The van der Waals surface area contributed by atoms with Crippen LogP contribution in [0, 0.1) is 3.57 Å². The molecule has 0 unspecified atom stereocenters. The van der Waals surface area contributed by atoms with Gasteiger partial charge in [-0.15, -0.1) is 11.6 Å². The van der Waals surface area contributed by atoms with Gasteiger partial charge in [-0.1, -0.05) is 32.0 Å². The second-order valence-corrected chi connectivity index (χ2v) is 10.3. The maximum atomic E-state index is 10.3. The summed E-state index contributed by atoms with van der Waals surface area (Å²) in [5.74, 6) is 1.62. The lowest BCUT2D eigenvalue weighted by atomic mass is 9.78. The van der Waals surface area contributed by atoms with Gasteiger partial charge in [0.2, 0.25) is 0 Å². The number of halogens is 2. The summed E-state index contributed by atoms with van der Waals surface area (Å²) in [6, 6.07) is 14.1. The fourth-order valence-electron chi connectivity index (χ4n) is 3.70. The molecular formula is C25H33ClINO5. The van der Waals surface area contributed by atoms with Crippen LogP contribution in [0.3, 0.4) is 0 Å². The summed E-state index contributed by atoms with van der Waals surface area (Å²) < 4.78 is 17.8. The number of benzene rings is 2. The number of alkyl halides is 1. The maximum absolute atomic E-state index is 10.3. The molecule has 0 aromatic heterocycles. The minimum Gasteiger partial charge on any atom is -0.491 e. The van der Waals surface area contributed by atoms with Gasteiger partial charge in [-0.3, -0.25) is 4.90 Å². The number of rotatable bonds is 11. The molecule has 1 fully saturated rings. The van der Waals surface area contributed by atoms with Gasteiger partial charge in [0, 0.05) is 25.0 Å². The van der Waals surface area contributed by atoms with E-state index in [1.807, 2.05) is 18.2 Å². The largest absolute Gasteiger partial charge is 0.491 e. The van der Waals surface area contributed by atoms with E-state index in [0.717, 1.165) is 52.5 Å². The molecule has 0 bridgehead atoms. The summed E-state index contributed by atoms with van der Waals surface area (Å²) in [5, 5.41) is 19.9. The van der Waals surface area contributed by atoms with E-state index in [-0.39, 0.29) is 24.5 Å². The Labute approximate surface area is 214 Å². The summed E-state index contributed by atoms with van der Waals surface area (Å²) >= 11 is 7.89. The van der Waals surface area contributed by atoms with Gasteiger partial charge in [-0.2, -0.15) is 0 Å². The fourth-order valence-corrected chi connectivity index (χ4v) is 4.46. The number of ether oxygens (including phenoxy) is 3. The van der Waals surface area contributed by atoms with Gasteiger partial charge in [0.05, 0.1) is 22.7 Å². The van der Waals surface area contributed by atoms with Crippen molar-refractivity contribution in [2.75, 3.05) is 51.9 Å². The molecule has 2 aromatic rings. The molecule has 3 rings (SSSR count). The molecule has 33 heavy (non-hydrogen) atoms. The van der Waals surface area contributed by atoms with Crippen molar-refractivity contribution in [3.63, 3.8) is 0 Å². The predicted molar refractivity (Wildman–Crippen MR) is 139 cm³/mol. The van der Waals surface area contributed by atoms with Gasteiger partial charge in [-0.25, -0.2) is 0 Å². The molecule has 1 aliphatic rings. The second-order valence-electron chi connectivity index (χ2n) is 8.79. The number of β-amino-alcohol motifs (C(OH)–C–C–N with tert-alkyl or cyclic N) is 1. The van der Waals surface area contributed by atoms with Crippen LogP contribution in [0.2, 0.25) is 0 Å². The Balaban J connectivity index is 1.57. The van der Waals surface area contributed by atoms with E-state index < -0.39 is 12.2 Å². The average molecular weight is 586 g/mol. The number of hydrogen-bond acceptors (Lipinski definition) is 6. The zero-order valence-corrected chi connectivity index (χ0v) is 22.1. The number of nitrogens with zero attached hydrogens (tertiary/aromatic N) is 1. The van der Waals surface area contributed by atoms with Crippen LogP contribution in [0.25, 0.3) is 0 Å². The number of aliphatic hydroxyl groups excluding tert-OH is 2. The molecule has 1 aliphatic heterocycles. The Bertz CT molecular complexity index is 874. The molecular weight excluding hydrogens is 553 g/mol. The molecule has 1 saturated heterocycles. The van der Waals surface area contributed by atoms with Gasteiger partial charge in [0.25, 0.3) is 0 Å². The summed E-state index contributed by atoms with van der Waals surface area (Å²) in [5.41, 5.74) is 2.10. The zero-order chi connectivity index (χ0) is 23.8. The molecule has 2 N–H and O–H groups in total. The Hall–Kier alpha value is -1.10. The van der Waals surface area contributed by atoms with E-state index in [0.29, 0.717) is 6.54 Å². The molecule has 8 heteroatoms. The van der Waals surface area contributed by atoms with Crippen LogP contribution in [-0.2, 0) is 10.2 Å². The highest BCUT2D eigenvalue weighted by atomic mass is 123. The highest BCUT2D eigenvalue weighted by Gasteiger charge is 2.24. The topological polar surface area (TPSA) is 71.4 Å². The van der Waals surface area contributed by atoms with Crippen LogP contribution in [0.15, 0.2) is 42.5 Å². The normalized spacial score (nSPS) is 16.9. The Morgan fingerprint density at radius 3 is 2.27 bits per heavy atom. The minimum absolute atomic E-state index is 0.147. The molecule has 2 atom stereocenters. The highest BCUT2D eigenvalue weighted by molar-refractivity contribution is 14.1. The smallest absolute Gasteiger partial charge is 0.132 e. The second kappa shape index (κ2) is 12.6. The van der Waals surface area contributed by atoms with Gasteiger partial charge in [0.15, 0.2) is 0 Å². The van der Waals surface area contributed by atoms with E-state index >= 15 is 0 Å². The molecule has 0 spiro atoms. The molecule has 1 heterocycles. The molecule has 0 saturated carbocycles. The average Bonchev–Trinajstić information content (AvgIpc) is 2.82. The molecule has 2 aromatic carbocycles. The van der Waals surface area contributed by atoms with Crippen molar-refractivity contribution in [2.45, 2.75) is 31.5 Å². The quantitative estimate of drug-likeness (QED) is 0.310. The number of aliphatic hydroxyl groups is 2. The van der Waals surface area contributed by atoms with Crippen LogP contribution in [0.5, 0.6) is 11.5 Å². The lowest BCUT2D eigenvalue weighted by Crippen LogP contribution is -2.42. The van der Waals surface area contributed by atoms with Gasteiger partial charge >= 0.3 is 0 Å². The Morgan fingerprint density at radius 2 is 1.64 bits per heavy atom. The first-order valence-corrected chi connectivity index (χ1v) is 12.8. The summed E-state index contributed by atoms with van der Waals surface area (Å²) in [6.07, 6.45) is -1.22. The molecule has 0 amide bonds. The van der Waals surface area contributed by atoms with E-state index in [1.54, 1.807) is 0 Å². The highest BCUT2D eigenvalue weighted by Crippen LogP contribution is 2.35. The SMILES string of the molecule is CC(C)(c1ccc(OC[C@@H](O)CN2CCOCC2)cc1)c1ccc(OC[C@@H](O)CCl)c([123I])c1. The van der Waals surface area contributed by atoms with Gasteiger partial charge in [0.1, 0.15) is 36.9 Å². The monoisotopic (exact) mass is 585 g/mol. The van der Waals surface area contributed by atoms with Crippen molar-refractivity contribution in [3.05, 3.63) is 57.2 Å². The predicted octanol–water partition coefficient (Wildman–Crippen LogP) is 3.67. The Morgan fingerprint density at radius 1 is 1.00 bits per heavy atom. The summed E-state index contributed by atoms with van der Waals surface area (Å²) in [4.78, 5) is 2.20. The van der Waals surface area contributed by atoms with Crippen LogP contribution in [0.1, 0.15) is 25.0 Å². The van der Waals surface area contributed by atoms with Crippen molar-refractivity contribution in [1.82, 2.24) is 4.90 Å². The fraction of sp³-hybridized carbons (Fsp3) is 0.520. The van der Waals surface area contributed by atoms with Crippen LogP contribution in [-0.4, -0.2) is 79.3 Å². The van der Waals surface area contributed by atoms with Crippen molar-refractivity contribution in [3.8, 4) is 11.5 Å². The molecule has 0 aliphatic carbocycles.